The molecule has 0 bridgehead atoms. The van der Waals surface area contributed by atoms with Gasteiger partial charge in [-0.3, -0.25) is 4.79 Å². The second-order valence-corrected chi connectivity index (χ2v) is 5.83. The number of carbonyl (C=O) groups is 1. The number of alkyl halides is 3. The van der Waals surface area contributed by atoms with Gasteiger partial charge in [0.1, 0.15) is 0 Å². The summed E-state index contributed by atoms with van der Waals surface area (Å²) in [6.45, 7) is 0. The Bertz CT molecular complexity index is 525. The van der Waals surface area contributed by atoms with Crippen molar-refractivity contribution < 1.29 is 18.0 Å². The second-order valence-electron chi connectivity index (χ2n) is 4.92. The Morgan fingerprint density at radius 2 is 1.95 bits per heavy atom. The van der Waals surface area contributed by atoms with Gasteiger partial charge in [-0.25, -0.2) is 0 Å². The molecule has 2 rings (SSSR count). The van der Waals surface area contributed by atoms with Gasteiger partial charge in [-0.05, 0) is 31.0 Å². The number of rotatable bonds is 2. The van der Waals surface area contributed by atoms with E-state index in [4.69, 9.17) is 5.73 Å². The first kappa shape index (κ1) is 18.3. The smallest absolute Gasteiger partial charge is 0.327 e. The molecule has 1 fully saturated rings. The first-order chi connectivity index (χ1) is 9.27. The largest absolute Gasteiger partial charge is 0.416 e. The molecule has 21 heavy (non-hydrogen) atoms. The van der Waals surface area contributed by atoms with Crippen LogP contribution in [0.4, 0.5) is 18.9 Å². The van der Waals surface area contributed by atoms with E-state index >= 15 is 0 Å². The van der Waals surface area contributed by atoms with Gasteiger partial charge in [0.2, 0.25) is 5.91 Å². The quantitative estimate of drug-likeness (QED) is 0.807. The number of benzene rings is 1. The minimum absolute atomic E-state index is 0. The Labute approximate surface area is 135 Å². The molecule has 1 saturated carbocycles. The fourth-order valence-electron chi connectivity index (χ4n) is 2.37. The summed E-state index contributed by atoms with van der Waals surface area (Å²) in [6, 6.07) is 3.11. The Balaban J connectivity index is 0.00000220. The van der Waals surface area contributed by atoms with Gasteiger partial charge in [-0.2, -0.15) is 13.2 Å². The standard InChI is InChI=1S/C13H14BrF3N2O.ClH/c14-8-4-7(13(15,16)17)5-9(6-8)19-12(20)10-2-1-3-11(10)18;/h4-6,10-11H,1-3,18H2,(H,19,20);1H. The molecule has 1 aromatic rings. The first-order valence-electron chi connectivity index (χ1n) is 6.21. The number of halogens is 5. The lowest BCUT2D eigenvalue weighted by Crippen LogP contribution is -2.34. The number of nitrogens with two attached hydrogens (primary N) is 1. The average Bonchev–Trinajstić information content (AvgIpc) is 2.73. The topological polar surface area (TPSA) is 55.1 Å². The average molecular weight is 388 g/mol. The molecular weight excluding hydrogens is 373 g/mol. The molecule has 0 saturated heterocycles. The molecule has 3 N–H and O–H groups in total. The Morgan fingerprint density at radius 3 is 2.48 bits per heavy atom. The lowest BCUT2D eigenvalue weighted by molar-refractivity contribution is -0.137. The molecule has 3 nitrogen and oxygen atoms in total. The minimum Gasteiger partial charge on any atom is -0.327 e. The van der Waals surface area contributed by atoms with E-state index < -0.39 is 11.7 Å². The van der Waals surface area contributed by atoms with Crippen LogP contribution in [0.1, 0.15) is 24.8 Å². The zero-order valence-corrected chi connectivity index (χ0v) is 13.3. The van der Waals surface area contributed by atoms with Gasteiger partial charge in [-0.1, -0.05) is 22.4 Å². The molecule has 0 radical (unpaired) electrons. The fraction of sp³-hybridized carbons (Fsp3) is 0.462. The summed E-state index contributed by atoms with van der Waals surface area (Å²) < 4.78 is 38.3. The predicted molar refractivity (Wildman–Crippen MR) is 80.3 cm³/mol. The van der Waals surface area contributed by atoms with Gasteiger partial charge >= 0.3 is 6.18 Å². The molecule has 1 aliphatic rings. The third-order valence-corrected chi connectivity index (χ3v) is 3.86. The summed E-state index contributed by atoms with van der Waals surface area (Å²) in [4.78, 5) is 12.0. The van der Waals surface area contributed by atoms with Crippen molar-refractivity contribution in [3.8, 4) is 0 Å². The molecule has 1 amide bonds. The summed E-state index contributed by atoms with van der Waals surface area (Å²) in [5.74, 6) is -0.649. The monoisotopic (exact) mass is 386 g/mol. The molecule has 0 spiro atoms. The van der Waals surface area contributed by atoms with Crippen LogP contribution in [0.25, 0.3) is 0 Å². The van der Waals surface area contributed by atoms with Crippen molar-refractivity contribution in [1.29, 1.82) is 0 Å². The predicted octanol–water partition coefficient (Wildman–Crippen LogP) is 3.96. The van der Waals surface area contributed by atoms with Crippen LogP contribution in [-0.4, -0.2) is 11.9 Å². The summed E-state index contributed by atoms with van der Waals surface area (Å²) in [7, 11) is 0. The SMILES string of the molecule is Cl.NC1CCCC1C(=O)Nc1cc(Br)cc(C(F)(F)F)c1. The Hall–Kier alpha value is -0.790. The van der Waals surface area contributed by atoms with Crippen LogP contribution in [0.2, 0.25) is 0 Å². The van der Waals surface area contributed by atoms with Crippen LogP contribution in [0.3, 0.4) is 0 Å². The highest BCUT2D eigenvalue weighted by Gasteiger charge is 2.33. The van der Waals surface area contributed by atoms with Gasteiger partial charge in [-0.15, -0.1) is 12.4 Å². The number of nitrogens with one attached hydrogen (secondary N) is 1. The maximum absolute atomic E-state index is 12.7. The zero-order chi connectivity index (χ0) is 14.9. The maximum Gasteiger partial charge on any atom is 0.416 e. The number of anilines is 1. The first-order valence-corrected chi connectivity index (χ1v) is 7.01. The van der Waals surface area contributed by atoms with Crippen molar-refractivity contribution in [3.05, 3.63) is 28.2 Å². The highest BCUT2D eigenvalue weighted by atomic mass is 79.9. The van der Waals surface area contributed by atoms with E-state index in [0.717, 1.165) is 25.0 Å². The van der Waals surface area contributed by atoms with Gasteiger partial charge in [0.05, 0.1) is 11.5 Å². The number of hydrogen-bond donors (Lipinski definition) is 2. The third-order valence-electron chi connectivity index (χ3n) is 3.40. The van der Waals surface area contributed by atoms with Crippen molar-refractivity contribution in [2.75, 3.05) is 5.32 Å². The van der Waals surface area contributed by atoms with Crippen molar-refractivity contribution in [1.82, 2.24) is 0 Å². The molecular formula is C13H15BrClF3N2O. The van der Waals surface area contributed by atoms with E-state index in [1.165, 1.54) is 6.07 Å². The summed E-state index contributed by atoms with van der Waals surface area (Å²) in [6.07, 6.45) is -2.14. The van der Waals surface area contributed by atoms with Crippen LogP contribution in [0.15, 0.2) is 22.7 Å². The number of amides is 1. The van der Waals surface area contributed by atoms with Gasteiger partial charge in [0.25, 0.3) is 0 Å². The van der Waals surface area contributed by atoms with Gasteiger partial charge in [0, 0.05) is 16.2 Å². The van der Waals surface area contributed by atoms with E-state index in [2.05, 4.69) is 21.2 Å². The van der Waals surface area contributed by atoms with Crippen LogP contribution >= 0.6 is 28.3 Å². The second kappa shape index (κ2) is 6.98. The molecule has 2 unspecified atom stereocenters. The van der Waals surface area contributed by atoms with E-state index in [0.29, 0.717) is 6.42 Å². The summed E-state index contributed by atoms with van der Waals surface area (Å²) >= 11 is 3.01. The van der Waals surface area contributed by atoms with E-state index in [1.54, 1.807) is 0 Å². The van der Waals surface area contributed by atoms with Crippen LogP contribution in [-0.2, 0) is 11.0 Å². The summed E-state index contributed by atoms with van der Waals surface area (Å²) in [5.41, 5.74) is 5.13. The van der Waals surface area contributed by atoms with Gasteiger partial charge < -0.3 is 11.1 Å². The van der Waals surface area contributed by atoms with Crippen LogP contribution in [0.5, 0.6) is 0 Å². The molecule has 0 aromatic heterocycles. The lowest BCUT2D eigenvalue weighted by atomic mass is 10.0. The molecule has 2 atom stereocenters. The fourth-order valence-corrected chi connectivity index (χ4v) is 2.87. The van der Waals surface area contributed by atoms with E-state index in [1.807, 2.05) is 0 Å². The number of carbonyl (C=O) groups excluding carboxylic acids is 1. The summed E-state index contributed by atoms with van der Waals surface area (Å²) in [5, 5.41) is 2.52. The van der Waals surface area contributed by atoms with Crippen molar-refractivity contribution in [3.63, 3.8) is 0 Å². The molecule has 1 aromatic carbocycles. The lowest BCUT2D eigenvalue weighted by Gasteiger charge is -2.16. The highest BCUT2D eigenvalue weighted by Crippen LogP contribution is 2.34. The van der Waals surface area contributed by atoms with E-state index in [9.17, 15) is 18.0 Å². The van der Waals surface area contributed by atoms with Crippen molar-refractivity contribution in [2.24, 2.45) is 11.7 Å². The molecule has 0 heterocycles. The molecule has 118 valence electrons. The normalized spacial score (nSPS) is 21.8. The minimum atomic E-state index is -4.45. The van der Waals surface area contributed by atoms with E-state index in [-0.39, 0.29) is 40.4 Å². The Kier molecular flexibility index (Phi) is 6.07. The third kappa shape index (κ3) is 4.59. The Morgan fingerprint density at radius 1 is 1.29 bits per heavy atom. The maximum atomic E-state index is 12.7. The van der Waals surface area contributed by atoms with Crippen molar-refractivity contribution in [2.45, 2.75) is 31.5 Å². The van der Waals surface area contributed by atoms with Crippen LogP contribution in [0, 0.1) is 5.92 Å². The molecule has 0 aliphatic heterocycles. The van der Waals surface area contributed by atoms with Crippen molar-refractivity contribution >= 4 is 39.9 Å². The highest BCUT2D eigenvalue weighted by molar-refractivity contribution is 9.10. The molecule has 8 heteroatoms. The van der Waals surface area contributed by atoms with Gasteiger partial charge in [0.15, 0.2) is 0 Å². The van der Waals surface area contributed by atoms with Crippen LogP contribution < -0.4 is 11.1 Å². The number of hydrogen-bond acceptors (Lipinski definition) is 2. The molecule has 1 aliphatic carbocycles. The zero-order valence-electron chi connectivity index (χ0n) is 10.9.